The van der Waals surface area contributed by atoms with Crippen LogP contribution in [0.15, 0.2) is 42.5 Å². The van der Waals surface area contributed by atoms with Crippen LogP contribution in [-0.2, 0) is 6.42 Å². The SMILES string of the molecule is N#Cc1ccc(CCOc2ccc3c(c2)OCO3)cc1. The molecule has 1 heterocycles. The Balaban J connectivity index is 1.56. The fourth-order valence-electron chi connectivity index (χ4n) is 2.00. The Morgan fingerprint density at radius 3 is 2.65 bits per heavy atom. The van der Waals surface area contributed by atoms with Gasteiger partial charge in [-0.15, -0.1) is 0 Å². The van der Waals surface area contributed by atoms with Crippen LogP contribution in [0, 0.1) is 11.3 Å². The van der Waals surface area contributed by atoms with Gasteiger partial charge in [-0.3, -0.25) is 0 Å². The third kappa shape index (κ3) is 2.67. The topological polar surface area (TPSA) is 51.5 Å². The molecular weight excluding hydrogens is 254 g/mol. The number of hydrogen-bond donors (Lipinski definition) is 0. The van der Waals surface area contributed by atoms with Gasteiger partial charge in [-0.25, -0.2) is 0 Å². The minimum absolute atomic E-state index is 0.268. The highest BCUT2D eigenvalue weighted by molar-refractivity contribution is 5.46. The number of nitrogens with zero attached hydrogens (tertiary/aromatic N) is 1. The molecule has 100 valence electrons. The first kappa shape index (κ1) is 12.4. The van der Waals surface area contributed by atoms with Crippen LogP contribution < -0.4 is 14.2 Å². The van der Waals surface area contributed by atoms with Gasteiger partial charge in [-0.2, -0.15) is 5.26 Å². The summed E-state index contributed by atoms with van der Waals surface area (Å²) in [4.78, 5) is 0. The fraction of sp³-hybridized carbons (Fsp3) is 0.188. The number of rotatable bonds is 4. The van der Waals surface area contributed by atoms with Gasteiger partial charge in [0.2, 0.25) is 6.79 Å². The molecule has 0 bridgehead atoms. The van der Waals surface area contributed by atoms with Crippen molar-refractivity contribution in [1.29, 1.82) is 5.26 Å². The van der Waals surface area contributed by atoms with Crippen LogP contribution in [0.3, 0.4) is 0 Å². The quantitative estimate of drug-likeness (QED) is 0.854. The van der Waals surface area contributed by atoms with Gasteiger partial charge in [-0.05, 0) is 29.8 Å². The first-order chi connectivity index (χ1) is 9.85. The summed E-state index contributed by atoms with van der Waals surface area (Å²) in [5, 5.41) is 8.73. The van der Waals surface area contributed by atoms with Crippen molar-refractivity contribution < 1.29 is 14.2 Å². The minimum Gasteiger partial charge on any atom is -0.493 e. The molecule has 0 atom stereocenters. The molecule has 0 spiro atoms. The molecule has 0 unspecified atom stereocenters. The van der Waals surface area contributed by atoms with Gasteiger partial charge in [0.25, 0.3) is 0 Å². The van der Waals surface area contributed by atoms with Crippen molar-refractivity contribution in [2.75, 3.05) is 13.4 Å². The van der Waals surface area contributed by atoms with Gasteiger partial charge >= 0.3 is 0 Å². The fourth-order valence-corrected chi connectivity index (χ4v) is 2.00. The number of hydrogen-bond acceptors (Lipinski definition) is 4. The van der Waals surface area contributed by atoms with Crippen molar-refractivity contribution >= 4 is 0 Å². The second-order valence-corrected chi connectivity index (χ2v) is 4.42. The van der Waals surface area contributed by atoms with Crippen LogP contribution in [0.4, 0.5) is 0 Å². The number of nitriles is 1. The first-order valence-electron chi connectivity index (χ1n) is 6.36. The average molecular weight is 267 g/mol. The average Bonchev–Trinajstić information content (AvgIpc) is 2.95. The lowest BCUT2D eigenvalue weighted by Gasteiger charge is -2.07. The van der Waals surface area contributed by atoms with Crippen LogP contribution >= 0.6 is 0 Å². The molecule has 0 amide bonds. The van der Waals surface area contributed by atoms with Crippen molar-refractivity contribution in [3.8, 4) is 23.3 Å². The zero-order valence-corrected chi connectivity index (χ0v) is 10.8. The predicted molar refractivity (Wildman–Crippen MR) is 72.9 cm³/mol. The summed E-state index contributed by atoms with van der Waals surface area (Å²) < 4.78 is 16.2. The van der Waals surface area contributed by atoms with Crippen LogP contribution in [0.5, 0.6) is 17.2 Å². The highest BCUT2D eigenvalue weighted by atomic mass is 16.7. The van der Waals surface area contributed by atoms with E-state index in [1.54, 1.807) is 0 Å². The summed E-state index contributed by atoms with van der Waals surface area (Å²) in [6, 6.07) is 15.2. The second kappa shape index (κ2) is 5.54. The van der Waals surface area contributed by atoms with Crippen molar-refractivity contribution in [2.45, 2.75) is 6.42 Å². The molecular formula is C16H13NO3. The van der Waals surface area contributed by atoms with E-state index in [0.29, 0.717) is 12.2 Å². The van der Waals surface area contributed by atoms with E-state index in [1.807, 2.05) is 42.5 Å². The maximum absolute atomic E-state index is 8.73. The standard InChI is InChI=1S/C16H13NO3/c17-10-13-3-1-12(2-4-13)7-8-18-14-5-6-15-16(9-14)20-11-19-15/h1-6,9H,7-8,11H2. The van der Waals surface area contributed by atoms with Crippen molar-refractivity contribution in [2.24, 2.45) is 0 Å². The summed E-state index contributed by atoms with van der Waals surface area (Å²) in [5.41, 5.74) is 1.81. The Bertz CT molecular complexity index is 644. The Labute approximate surface area is 117 Å². The zero-order chi connectivity index (χ0) is 13.8. The van der Waals surface area contributed by atoms with Crippen LogP contribution in [0.25, 0.3) is 0 Å². The molecule has 0 aliphatic carbocycles. The number of ether oxygens (including phenoxy) is 3. The lowest BCUT2D eigenvalue weighted by molar-refractivity contribution is 0.173. The van der Waals surface area contributed by atoms with Gasteiger partial charge in [0.05, 0.1) is 18.2 Å². The van der Waals surface area contributed by atoms with Crippen LogP contribution in [0.2, 0.25) is 0 Å². The Morgan fingerprint density at radius 1 is 1.05 bits per heavy atom. The molecule has 2 aromatic rings. The largest absolute Gasteiger partial charge is 0.493 e. The van der Waals surface area contributed by atoms with E-state index in [1.165, 1.54) is 0 Å². The van der Waals surface area contributed by atoms with Crippen molar-refractivity contribution in [3.05, 3.63) is 53.6 Å². The normalized spacial score (nSPS) is 11.9. The Hall–Kier alpha value is -2.67. The third-order valence-corrected chi connectivity index (χ3v) is 3.09. The molecule has 20 heavy (non-hydrogen) atoms. The highest BCUT2D eigenvalue weighted by Crippen LogP contribution is 2.35. The van der Waals surface area contributed by atoms with Gasteiger partial charge in [-0.1, -0.05) is 12.1 Å². The minimum atomic E-state index is 0.268. The molecule has 0 aromatic heterocycles. The molecule has 3 rings (SSSR count). The Kier molecular flexibility index (Phi) is 3.42. The maximum Gasteiger partial charge on any atom is 0.231 e. The Morgan fingerprint density at radius 2 is 1.85 bits per heavy atom. The summed E-state index contributed by atoms with van der Waals surface area (Å²) in [5.74, 6) is 2.24. The predicted octanol–water partition coefficient (Wildman–Crippen LogP) is 2.91. The lowest BCUT2D eigenvalue weighted by atomic mass is 10.1. The van der Waals surface area contributed by atoms with E-state index in [-0.39, 0.29) is 6.79 Å². The summed E-state index contributed by atoms with van der Waals surface area (Å²) in [6.45, 7) is 0.843. The van der Waals surface area contributed by atoms with Gasteiger partial charge in [0, 0.05) is 12.5 Å². The van der Waals surface area contributed by atoms with Crippen LogP contribution in [-0.4, -0.2) is 13.4 Å². The number of benzene rings is 2. The molecule has 1 aliphatic rings. The summed E-state index contributed by atoms with van der Waals surface area (Å²) in [7, 11) is 0. The molecule has 0 fully saturated rings. The molecule has 4 heteroatoms. The summed E-state index contributed by atoms with van der Waals surface area (Å²) in [6.07, 6.45) is 0.792. The smallest absolute Gasteiger partial charge is 0.231 e. The van der Waals surface area contributed by atoms with Gasteiger partial charge in [0.1, 0.15) is 5.75 Å². The van der Waals surface area contributed by atoms with E-state index in [9.17, 15) is 0 Å². The molecule has 0 radical (unpaired) electrons. The van der Waals surface area contributed by atoms with E-state index >= 15 is 0 Å². The van der Waals surface area contributed by atoms with E-state index in [0.717, 1.165) is 29.2 Å². The molecule has 2 aromatic carbocycles. The third-order valence-electron chi connectivity index (χ3n) is 3.09. The van der Waals surface area contributed by atoms with E-state index < -0.39 is 0 Å². The maximum atomic E-state index is 8.73. The highest BCUT2D eigenvalue weighted by Gasteiger charge is 2.13. The van der Waals surface area contributed by atoms with Crippen molar-refractivity contribution in [1.82, 2.24) is 0 Å². The molecule has 0 saturated carbocycles. The molecule has 4 nitrogen and oxygen atoms in total. The van der Waals surface area contributed by atoms with Gasteiger partial charge < -0.3 is 14.2 Å². The molecule has 0 saturated heterocycles. The lowest BCUT2D eigenvalue weighted by Crippen LogP contribution is -2.01. The van der Waals surface area contributed by atoms with Crippen molar-refractivity contribution in [3.63, 3.8) is 0 Å². The van der Waals surface area contributed by atoms with E-state index in [4.69, 9.17) is 19.5 Å². The van der Waals surface area contributed by atoms with E-state index in [2.05, 4.69) is 6.07 Å². The number of fused-ring (bicyclic) bond motifs is 1. The summed E-state index contributed by atoms with van der Waals surface area (Å²) >= 11 is 0. The zero-order valence-electron chi connectivity index (χ0n) is 10.8. The molecule has 0 N–H and O–H groups in total. The molecule has 1 aliphatic heterocycles. The first-order valence-corrected chi connectivity index (χ1v) is 6.36. The van der Waals surface area contributed by atoms with Crippen LogP contribution in [0.1, 0.15) is 11.1 Å². The van der Waals surface area contributed by atoms with Gasteiger partial charge in [0.15, 0.2) is 11.5 Å². The monoisotopic (exact) mass is 267 g/mol. The second-order valence-electron chi connectivity index (χ2n) is 4.42.